The van der Waals surface area contributed by atoms with Crippen LogP contribution in [0.25, 0.3) is 0 Å². The van der Waals surface area contributed by atoms with Crippen molar-refractivity contribution >= 4 is 18.6 Å². The number of rotatable bonds is 2. The Labute approximate surface area is 61.7 Å². The number of hydrogen-bond acceptors (Lipinski definition) is 3. The predicted molar refractivity (Wildman–Crippen MR) is 36.4 cm³/mol. The number of hydrogen-bond donors (Lipinski definition) is 0. The van der Waals surface area contributed by atoms with Crippen LogP contribution in [-0.4, -0.2) is 15.2 Å². The molecule has 0 aliphatic carbocycles. The van der Waals surface area contributed by atoms with Crippen LogP contribution in [0.5, 0.6) is 0 Å². The summed E-state index contributed by atoms with van der Waals surface area (Å²) >= 11 is 0.0269. The summed E-state index contributed by atoms with van der Waals surface area (Å²) in [4.78, 5) is 13.8. The molecule has 0 unspecified atom stereocenters. The van der Waals surface area contributed by atoms with Crippen molar-refractivity contribution in [2.24, 2.45) is 0 Å². The topological polar surface area (TPSA) is 34.9 Å². The molecule has 0 aromatic carbocycles. The second-order valence-corrected chi connectivity index (χ2v) is 2.26. The maximum atomic E-state index is 11.9. The van der Waals surface area contributed by atoms with E-state index in [9.17, 15) is 8.68 Å². The summed E-state index contributed by atoms with van der Waals surface area (Å²) in [5.41, 5.74) is 0.252. The molecule has 1 aromatic rings. The minimum Gasteiger partial charge on any atom is -0.296 e. The van der Waals surface area contributed by atoms with Gasteiger partial charge < -0.3 is 0 Å². The van der Waals surface area contributed by atoms with Gasteiger partial charge in [-0.1, -0.05) is 0 Å². The van der Waals surface area contributed by atoms with Gasteiger partial charge in [-0.05, 0) is 6.92 Å². The molecule has 0 aliphatic rings. The second kappa shape index (κ2) is 2.83. The van der Waals surface area contributed by atoms with E-state index >= 15 is 0 Å². The number of aromatic nitrogens is 2. The van der Waals surface area contributed by atoms with Crippen LogP contribution in [0.4, 0.5) is 3.89 Å². The summed E-state index contributed by atoms with van der Waals surface area (Å²) in [5.74, 6) is 0.481. The Balaban J connectivity index is 3.03. The standard InChI is InChI=1S/C5H5FN2OS/c1-4-7-5(3-9)2-8(4)10-6/h2-3H,1H3. The molecule has 0 N–H and O–H groups in total. The van der Waals surface area contributed by atoms with Crippen LogP contribution in [0.3, 0.4) is 0 Å². The zero-order valence-corrected chi connectivity index (χ0v) is 6.06. The molecule has 0 saturated carbocycles. The van der Waals surface area contributed by atoms with Gasteiger partial charge >= 0.3 is 0 Å². The first-order valence-corrected chi connectivity index (χ1v) is 3.25. The lowest BCUT2D eigenvalue weighted by atomic mass is 10.6. The number of carbonyl (C=O) groups is 1. The summed E-state index contributed by atoms with van der Waals surface area (Å²) in [7, 11) is 0. The van der Waals surface area contributed by atoms with Gasteiger partial charge in [-0.3, -0.25) is 4.79 Å². The second-order valence-electron chi connectivity index (χ2n) is 1.73. The molecule has 0 atom stereocenters. The maximum Gasteiger partial charge on any atom is 0.170 e. The van der Waals surface area contributed by atoms with Gasteiger partial charge in [0, 0.05) is 6.20 Å². The summed E-state index contributed by atoms with van der Waals surface area (Å²) in [6.45, 7) is 1.62. The third-order valence-corrected chi connectivity index (χ3v) is 1.57. The third-order valence-electron chi connectivity index (χ3n) is 1.05. The fourth-order valence-corrected chi connectivity index (χ4v) is 0.894. The van der Waals surface area contributed by atoms with Crippen LogP contribution in [0.15, 0.2) is 6.20 Å². The molecule has 1 rings (SSSR count). The number of halogens is 1. The molecule has 0 spiro atoms. The highest BCUT2D eigenvalue weighted by Crippen LogP contribution is 2.10. The van der Waals surface area contributed by atoms with E-state index in [4.69, 9.17) is 0 Å². The lowest BCUT2D eigenvalue weighted by Crippen LogP contribution is -1.83. The molecule has 0 fully saturated rings. The van der Waals surface area contributed by atoms with Crippen molar-refractivity contribution in [1.82, 2.24) is 8.96 Å². The smallest absolute Gasteiger partial charge is 0.170 e. The molecular weight excluding hydrogens is 155 g/mol. The molecule has 1 aromatic heterocycles. The lowest BCUT2D eigenvalue weighted by Gasteiger charge is -1.89. The summed E-state index contributed by atoms with van der Waals surface area (Å²) in [5, 5.41) is 0. The molecule has 3 nitrogen and oxygen atoms in total. The first-order chi connectivity index (χ1) is 4.77. The van der Waals surface area contributed by atoms with E-state index in [0.29, 0.717) is 12.1 Å². The van der Waals surface area contributed by atoms with Crippen LogP contribution in [-0.2, 0) is 0 Å². The zero-order valence-electron chi connectivity index (χ0n) is 5.24. The molecule has 5 heteroatoms. The van der Waals surface area contributed by atoms with E-state index in [2.05, 4.69) is 4.98 Å². The highest BCUT2D eigenvalue weighted by atomic mass is 32.2. The Hall–Kier alpha value is -0.840. The Morgan fingerprint density at radius 3 is 2.90 bits per heavy atom. The van der Waals surface area contributed by atoms with E-state index in [-0.39, 0.29) is 18.0 Å². The third kappa shape index (κ3) is 1.18. The number of aryl methyl sites for hydroxylation is 1. The predicted octanol–water partition coefficient (Wildman–Crippen LogP) is 1.38. The lowest BCUT2D eigenvalue weighted by molar-refractivity contribution is 0.111. The Morgan fingerprint density at radius 2 is 2.60 bits per heavy atom. The quantitative estimate of drug-likeness (QED) is 0.613. The van der Waals surface area contributed by atoms with Crippen molar-refractivity contribution in [1.29, 1.82) is 0 Å². The molecule has 54 valence electrons. The first-order valence-electron chi connectivity index (χ1n) is 2.58. The van der Waals surface area contributed by atoms with Crippen molar-refractivity contribution in [3.05, 3.63) is 17.7 Å². The fraction of sp³-hybridized carbons (Fsp3) is 0.200. The van der Waals surface area contributed by atoms with Crippen molar-refractivity contribution in [3.63, 3.8) is 0 Å². The van der Waals surface area contributed by atoms with Crippen LogP contribution >= 0.6 is 12.3 Å². The van der Waals surface area contributed by atoms with Crippen LogP contribution in [0.1, 0.15) is 16.3 Å². The maximum absolute atomic E-state index is 11.9. The van der Waals surface area contributed by atoms with Crippen LogP contribution in [0.2, 0.25) is 0 Å². The van der Waals surface area contributed by atoms with Gasteiger partial charge in [0.05, 0.1) is 0 Å². The Kier molecular flexibility index (Phi) is 2.06. The molecule has 0 amide bonds. The highest BCUT2D eigenvalue weighted by molar-refractivity contribution is 7.92. The SMILES string of the molecule is Cc1nc(C=O)cn1SF. The Morgan fingerprint density at radius 1 is 1.90 bits per heavy atom. The van der Waals surface area contributed by atoms with Crippen molar-refractivity contribution in [2.75, 3.05) is 0 Å². The zero-order chi connectivity index (χ0) is 7.56. The fourth-order valence-electron chi connectivity index (χ4n) is 0.605. The van der Waals surface area contributed by atoms with E-state index in [0.717, 1.165) is 0 Å². The summed E-state index contributed by atoms with van der Waals surface area (Å²) in [6.07, 6.45) is 1.92. The molecule has 10 heavy (non-hydrogen) atoms. The molecule has 0 saturated heterocycles. The van der Waals surface area contributed by atoms with Gasteiger partial charge in [0.1, 0.15) is 11.5 Å². The van der Waals surface area contributed by atoms with Gasteiger partial charge in [0.2, 0.25) is 0 Å². The van der Waals surface area contributed by atoms with Gasteiger partial charge in [0.15, 0.2) is 18.6 Å². The Bertz CT molecular complexity index is 248. The summed E-state index contributed by atoms with van der Waals surface area (Å²) < 4.78 is 13.0. The molecule has 1 heterocycles. The minimum absolute atomic E-state index is 0.0269. The number of imidazole rings is 1. The van der Waals surface area contributed by atoms with E-state index in [1.807, 2.05) is 0 Å². The monoisotopic (exact) mass is 160 g/mol. The van der Waals surface area contributed by atoms with Gasteiger partial charge in [-0.15, -0.1) is 3.89 Å². The van der Waals surface area contributed by atoms with Gasteiger partial charge in [-0.2, -0.15) is 0 Å². The number of carbonyl (C=O) groups excluding carboxylic acids is 1. The molecular formula is C5H5FN2OS. The normalized spacial score (nSPS) is 9.80. The van der Waals surface area contributed by atoms with Crippen LogP contribution < -0.4 is 0 Å². The minimum atomic E-state index is 0.0269. The number of nitrogens with zero attached hydrogens (tertiary/aromatic N) is 2. The van der Waals surface area contributed by atoms with E-state index in [1.54, 1.807) is 6.92 Å². The molecule has 0 aliphatic heterocycles. The van der Waals surface area contributed by atoms with Crippen LogP contribution in [0, 0.1) is 6.92 Å². The van der Waals surface area contributed by atoms with Gasteiger partial charge in [-0.25, -0.2) is 8.96 Å². The average Bonchev–Trinajstić information content (AvgIpc) is 2.30. The average molecular weight is 160 g/mol. The molecule has 0 radical (unpaired) electrons. The van der Waals surface area contributed by atoms with Crippen molar-refractivity contribution in [2.45, 2.75) is 6.92 Å². The van der Waals surface area contributed by atoms with Crippen molar-refractivity contribution < 1.29 is 8.68 Å². The summed E-state index contributed by atoms with van der Waals surface area (Å²) in [6, 6.07) is 0. The molecule has 0 bridgehead atoms. The van der Waals surface area contributed by atoms with Crippen molar-refractivity contribution in [3.8, 4) is 0 Å². The highest BCUT2D eigenvalue weighted by Gasteiger charge is 2.01. The number of aldehydes is 1. The van der Waals surface area contributed by atoms with Gasteiger partial charge in [0.25, 0.3) is 0 Å². The largest absolute Gasteiger partial charge is 0.296 e. The van der Waals surface area contributed by atoms with E-state index < -0.39 is 0 Å². The van der Waals surface area contributed by atoms with E-state index in [1.165, 1.54) is 10.2 Å². The first kappa shape index (κ1) is 7.27.